The van der Waals surface area contributed by atoms with Gasteiger partial charge in [0.15, 0.2) is 0 Å². The largest absolute Gasteiger partial charge is 0.312 e. The van der Waals surface area contributed by atoms with Crippen LogP contribution in [0.1, 0.15) is 24.1 Å². The van der Waals surface area contributed by atoms with E-state index in [9.17, 15) is 0 Å². The molecule has 0 spiro atoms. The molecule has 0 aromatic carbocycles. The van der Waals surface area contributed by atoms with Gasteiger partial charge in [0, 0.05) is 11.4 Å². The van der Waals surface area contributed by atoms with Crippen molar-refractivity contribution in [3.63, 3.8) is 0 Å². The molecular weight excluding hydrogens is 190 g/mol. The first-order chi connectivity index (χ1) is 6.95. The summed E-state index contributed by atoms with van der Waals surface area (Å²) in [4.78, 5) is 1.47. The number of rotatable bonds is 4. The molecule has 3 rings (SSSR count). The van der Waals surface area contributed by atoms with Crippen molar-refractivity contribution in [3.8, 4) is 0 Å². The fraction of sp³-hybridized carbons (Fsp3) is 0.667. The van der Waals surface area contributed by atoms with E-state index in [1.165, 1.54) is 30.7 Å². The fourth-order valence-electron chi connectivity index (χ4n) is 3.05. The Morgan fingerprint density at radius 1 is 1.36 bits per heavy atom. The van der Waals surface area contributed by atoms with E-state index in [4.69, 9.17) is 0 Å². The molecule has 1 aromatic heterocycles. The molecule has 14 heavy (non-hydrogen) atoms. The summed E-state index contributed by atoms with van der Waals surface area (Å²) in [5.74, 6) is 3.24. The lowest BCUT2D eigenvalue weighted by Crippen LogP contribution is -2.17. The SMILES string of the molecule is c1csc(CNCC2C3CCCC32)c1. The van der Waals surface area contributed by atoms with Crippen molar-refractivity contribution in [3.05, 3.63) is 22.4 Å². The monoisotopic (exact) mass is 207 g/mol. The zero-order valence-electron chi connectivity index (χ0n) is 8.41. The molecule has 2 aliphatic carbocycles. The van der Waals surface area contributed by atoms with Crippen LogP contribution in [0, 0.1) is 17.8 Å². The third kappa shape index (κ3) is 1.61. The third-order valence-electron chi connectivity index (χ3n) is 3.84. The number of nitrogens with one attached hydrogen (secondary N) is 1. The van der Waals surface area contributed by atoms with E-state index in [2.05, 4.69) is 22.8 Å². The Kier molecular flexibility index (Phi) is 2.34. The molecule has 76 valence electrons. The Bertz CT molecular complexity index is 283. The van der Waals surface area contributed by atoms with Gasteiger partial charge in [-0.15, -0.1) is 11.3 Å². The average Bonchev–Trinajstić information content (AvgIpc) is 2.67. The number of thiophene rings is 1. The van der Waals surface area contributed by atoms with E-state index in [0.29, 0.717) is 0 Å². The molecule has 0 amide bonds. The normalized spacial score (nSPS) is 34.4. The van der Waals surface area contributed by atoms with Crippen molar-refractivity contribution < 1.29 is 0 Å². The molecular formula is C12H17NS. The molecule has 1 heterocycles. The highest BCUT2D eigenvalue weighted by Gasteiger charge is 2.51. The summed E-state index contributed by atoms with van der Waals surface area (Å²) in [6.07, 6.45) is 4.52. The van der Waals surface area contributed by atoms with Gasteiger partial charge in [0.1, 0.15) is 0 Å². The average molecular weight is 207 g/mol. The summed E-state index contributed by atoms with van der Waals surface area (Å²) in [5, 5.41) is 5.74. The van der Waals surface area contributed by atoms with E-state index in [1.54, 1.807) is 0 Å². The highest BCUT2D eigenvalue weighted by atomic mass is 32.1. The maximum Gasteiger partial charge on any atom is 0.0299 e. The maximum absolute atomic E-state index is 3.59. The second-order valence-corrected chi connectivity index (χ2v) is 5.66. The van der Waals surface area contributed by atoms with Crippen molar-refractivity contribution >= 4 is 11.3 Å². The van der Waals surface area contributed by atoms with E-state index < -0.39 is 0 Å². The van der Waals surface area contributed by atoms with Crippen LogP contribution in [0.3, 0.4) is 0 Å². The van der Waals surface area contributed by atoms with Gasteiger partial charge in [-0.05, 0) is 48.6 Å². The van der Waals surface area contributed by atoms with E-state index >= 15 is 0 Å². The summed E-state index contributed by atoms with van der Waals surface area (Å²) in [5.41, 5.74) is 0. The Balaban J connectivity index is 1.40. The summed E-state index contributed by atoms with van der Waals surface area (Å²) < 4.78 is 0. The zero-order chi connectivity index (χ0) is 9.38. The van der Waals surface area contributed by atoms with Crippen LogP contribution in [0.2, 0.25) is 0 Å². The molecule has 0 bridgehead atoms. The minimum absolute atomic E-state index is 1.03. The van der Waals surface area contributed by atoms with Gasteiger partial charge in [0.25, 0.3) is 0 Å². The van der Waals surface area contributed by atoms with Gasteiger partial charge < -0.3 is 5.32 Å². The number of fused-ring (bicyclic) bond motifs is 1. The second-order valence-electron chi connectivity index (χ2n) is 4.63. The predicted octanol–water partition coefficient (Wildman–Crippen LogP) is 2.88. The van der Waals surface area contributed by atoms with Gasteiger partial charge in [-0.1, -0.05) is 12.5 Å². The lowest BCUT2D eigenvalue weighted by Gasteiger charge is -2.04. The number of hydrogen-bond acceptors (Lipinski definition) is 2. The molecule has 1 aromatic rings. The first-order valence-electron chi connectivity index (χ1n) is 5.68. The smallest absolute Gasteiger partial charge is 0.0299 e. The molecule has 2 aliphatic rings. The molecule has 2 unspecified atom stereocenters. The molecule has 0 saturated heterocycles. The Hall–Kier alpha value is -0.340. The molecule has 1 N–H and O–H groups in total. The number of hydrogen-bond donors (Lipinski definition) is 1. The van der Waals surface area contributed by atoms with E-state index in [-0.39, 0.29) is 0 Å². The maximum atomic E-state index is 3.59. The minimum atomic E-state index is 1.03. The highest BCUT2D eigenvalue weighted by molar-refractivity contribution is 7.09. The molecule has 2 atom stereocenters. The molecule has 2 heteroatoms. The van der Waals surface area contributed by atoms with E-state index in [0.717, 1.165) is 24.3 Å². The van der Waals surface area contributed by atoms with Gasteiger partial charge in [-0.3, -0.25) is 0 Å². The van der Waals surface area contributed by atoms with Crippen LogP contribution >= 0.6 is 11.3 Å². The summed E-state index contributed by atoms with van der Waals surface area (Å²) in [7, 11) is 0. The van der Waals surface area contributed by atoms with Crippen molar-refractivity contribution in [2.75, 3.05) is 6.54 Å². The second kappa shape index (κ2) is 3.67. The van der Waals surface area contributed by atoms with Crippen LogP contribution < -0.4 is 5.32 Å². The minimum Gasteiger partial charge on any atom is -0.312 e. The van der Waals surface area contributed by atoms with Crippen LogP contribution in [0.5, 0.6) is 0 Å². The lowest BCUT2D eigenvalue weighted by molar-refractivity contribution is 0.535. The van der Waals surface area contributed by atoms with Gasteiger partial charge in [-0.2, -0.15) is 0 Å². The van der Waals surface area contributed by atoms with Crippen molar-refractivity contribution in [1.82, 2.24) is 5.32 Å². The van der Waals surface area contributed by atoms with Crippen molar-refractivity contribution in [2.24, 2.45) is 17.8 Å². The molecule has 0 aliphatic heterocycles. The van der Waals surface area contributed by atoms with Crippen molar-refractivity contribution in [2.45, 2.75) is 25.8 Å². The predicted molar refractivity (Wildman–Crippen MR) is 60.3 cm³/mol. The topological polar surface area (TPSA) is 12.0 Å². The Morgan fingerprint density at radius 3 is 2.93 bits per heavy atom. The van der Waals surface area contributed by atoms with Crippen LogP contribution in [-0.2, 0) is 6.54 Å². The quantitative estimate of drug-likeness (QED) is 0.800. The van der Waals surface area contributed by atoms with Crippen LogP contribution in [0.15, 0.2) is 17.5 Å². The molecule has 2 saturated carbocycles. The Labute approximate surface area is 89.5 Å². The summed E-state index contributed by atoms with van der Waals surface area (Å²) >= 11 is 1.85. The van der Waals surface area contributed by atoms with Crippen LogP contribution in [0.25, 0.3) is 0 Å². The molecule has 0 radical (unpaired) electrons. The fourth-order valence-corrected chi connectivity index (χ4v) is 3.72. The first kappa shape index (κ1) is 8.93. The van der Waals surface area contributed by atoms with Crippen LogP contribution in [0.4, 0.5) is 0 Å². The summed E-state index contributed by atoms with van der Waals surface area (Å²) in [6, 6.07) is 4.35. The van der Waals surface area contributed by atoms with Crippen molar-refractivity contribution in [1.29, 1.82) is 0 Å². The molecule has 2 fully saturated rings. The third-order valence-corrected chi connectivity index (χ3v) is 4.72. The highest BCUT2D eigenvalue weighted by Crippen LogP contribution is 2.56. The molecule has 1 nitrogen and oxygen atoms in total. The first-order valence-corrected chi connectivity index (χ1v) is 6.56. The standard InChI is InChI=1S/C12H17NS/c1-4-10-11(5-1)12(10)8-13-7-9-3-2-6-14-9/h2-3,6,10-13H,1,4-5,7-8H2. The van der Waals surface area contributed by atoms with Gasteiger partial charge in [0.05, 0.1) is 0 Å². The summed E-state index contributed by atoms with van der Waals surface area (Å²) in [6.45, 7) is 2.33. The van der Waals surface area contributed by atoms with E-state index in [1.807, 2.05) is 11.3 Å². The van der Waals surface area contributed by atoms with Crippen LogP contribution in [-0.4, -0.2) is 6.54 Å². The lowest BCUT2D eigenvalue weighted by atomic mass is 10.1. The zero-order valence-corrected chi connectivity index (χ0v) is 9.22. The Morgan fingerprint density at radius 2 is 2.21 bits per heavy atom. The van der Waals surface area contributed by atoms with Gasteiger partial charge in [-0.25, -0.2) is 0 Å². The van der Waals surface area contributed by atoms with Gasteiger partial charge >= 0.3 is 0 Å². The van der Waals surface area contributed by atoms with Gasteiger partial charge in [0.2, 0.25) is 0 Å².